The number of rotatable bonds is 7. The Morgan fingerprint density at radius 3 is 2.53 bits per heavy atom. The van der Waals surface area contributed by atoms with Crippen molar-refractivity contribution in [3.05, 3.63) is 83.0 Å². The molecule has 4 rings (SSSR count). The molecule has 0 saturated carbocycles. The Morgan fingerprint density at radius 2 is 1.77 bits per heavy atom. The number of aromatic amines is 1. The van der Waals surface area contributed by atoms with Crippen LogP contribution < -0.4 is 14.2 Å². The lowest BCUT2D eigenvalue weighted by Gasteiger charge is -2.11. The summed E-state index contributed by atoms with van der Waals surface area (Å²) in [5.41, 5.74) is 2.15. The first-order valence-electron chi connectivity index (χ1n) is 9.18. The third-order valence-electron chi connectivity index (χ3n) is 4.43. The van der Waals surface area contributed by atoms with E-state index in [4.69, 9.17) is 14.2 Å². The van der Waals surface area contributed by atoms with Gasteiger partial charge in [0.1, 0.15) is 35.3 Å². The maximum absolute atomic E-state index is 10.6. The Bertz CT molecular complexity index is 1140. The van der Waals surface area contributed by atoms with E-state index in [1.165, 1.54) is 0 Å². The van der Waals surface area contributed by atoms with E-state index in [1.54, 1.807) is 37.6 Å². The predicted octanol–water partition coefficient (Wildman–Crippen LogP) is 5.92. The van der Waals surface area contributed by atoms with Crippen LogP contribution in [0.4, 0.5) is 0 Å². The molecule has 0 spiro atoms. The largest absolute Gasteiger partial charge is 0.507 e. The van der Waals surface area contributed by atoms with E-state index in [0.717, 1.165) is 10.0 Å². The van der Waals surface area contributed by atoms with Gasteiger partial charge in [0.2, 0.25) is 0 Å². The average molecular weight is 467 g/mol. The van der Waals surface area contributed by atoms with Gasteiger partial charge in [-0.2, -0.15) is 5.10 Å². The van der Waals surface area contributed by atoms with E-state index < -0.39 is 0 Å². The third-order valence-corrected chi connectivity index (χ3v) is 4.96. The molecule has 0 amide bonds. The molecule has 30 heavy (non-hydrogen) atoms. The molecule has 0 bridgehead atoms. The van der Waals surface area contributed by atoms with Crippen LogP contribution in [0.1, 0.15) is 5.56 Å². The molecule has 0 fully saturated rings. The third kappa shape index (κ3) is 4.58. The van der Waals surface area contributed by atoms with Crippen molar-refractivity contribution in [3.8, 4) is 40.0 Å². The smallest absolute Gasteiger partial charge is 0.173 e. The van der Waals surface area contributed by atoms with E-state index >= 15 is 0 Å². The number of H-pyrrole nitrogens is 1. The number of hydrogen-bond donors (Lipinski definition) is 2. The van der Waals surface area contributed by atoms with Gasteiger partial charge in [-0.05, 0) is 42.0 Å². The van der Waals surface area contributed by atoms with Gasteiger partial charge >= 0.3 is 0 Å². The lowest BCUT2D eigenvalue weighted by atomic mass is 10.1. The Balaban J connectivity index is 1.51. The molecule has 4 aromatic rings. The molecular weight excluding hydrogens is 448 g/mol. The summed E-state index contributed by atoms with van der Waals surface area (Å²) < 4.78 is 18.0. The van der Waals surface area contributed by atoms with Gasteiger partial charge in [-0.3, -0.25) is 5.10 Å². The standard InChI is InChI=1S/C23H19BrN2O4/c1-28-17-3-2-4-19(11-17)30-22-13-25-26-23(22)20-10-9-18(12-21(20)27)29-14-15-5-7-16(24)8-6-15/h2-13,27H,14H2,1H3,(H,25,26). The van der Waals surface area contributed by atoms with Crippen molar-refractivity contribution < 1.29 is 19.3 Å². The number of nitrogens with one attached hydrogen (secondary N) is 1. The Labute approximate surface area is 182 Å². The molecule has 1 heterocycles. The SMILES string of the molecule is COc1cccc(Oc2cn[nH]c2-c2ccc(OCc3ccc(Br)cc3)cc2O)c1. The van der Waals surface area contributed by atoms with Gasteiger partial charge in [-0.25, -0.2) is 0 Å². The predicted molar refractivity (Wildman–Crippen MR) is 117 cm³/mol. The topological polar surface area (TPSA) is 76.6 Å². The van der Waals surface area contributed by atoms with Gasteiger partial charge < -0.3 is 19.3 Å². The zero-order valence-corrected chi connectivity index (χ0v) is 17.7. The number of ether oxygens (including phenoxy) is 3. The number of aromatic hydroxyl groups is 1. The minimum Gasteiger partial charge on any atom is -0.507 e. The number of methoxy groups -OCH3 is 1. The summed E-state index contributed by atoms with van der Waals surface area (Å²) in [5, 5.41) is 17.5. The second kappa shape index (κ2) is 8.92. The van der Waals surface area contributed by atoms with Crippen molar-refractivity contribution >= 4 is 15.9 Å². The maximum Gasteiger partial charge on any atom is 0.173 e. The zero-order valence-electron chi connectivity index (χ0n) is 16.1. The van der Waals surface area contributed by atoms with Gasteiger partial charge in [0.05, 0.1) is 13.3 Å². The van der Waals surface area contributed by atoms with Crippen molar-refractivity contribution in [1.82, 2.24) is 10.2 Å². The lowest BCUT2D eigenvalue weighted by Crippen LogP contribution is -1.95. The first-order chi connectivity index (χ1) is 14.6. The zero-order chi connectivity index (χ0) is 20.9. The number of aromatic nitrogens is 2. The fourth-order valence-corrected chi connectivity index (χ4v) is 3.16. The summed E-state index contributed by atoms with van der Waals surface area (Å²) in [6.45, 7) is 0.403. The highest BCUT2D eigenvalue weighted by atomic mass is 79.9. The Hall–Kier alpha value is -3.45. The Morgan fingerprint density at radius 1 is 0.967 bits per heavy atom. The molecule has 152 valence electrons. The van der Waals surface area contributed by atoms with Crippen LogP contribution in [0, 0.1) is 0 Å². The van der Waals surface area contributed by atoms with Crippen LogP contribution in [0.2, 0.25) is 0 Å². The van der Waals surface area contributed by atoms with Crippen LogP contribution in [-0.4, -0.2) is 22.4 Å². The van der Waals surface area contributed by atoms with Crippen molar-refractivity contribution in [2.24, 2.45) is 0 Å². The summed E-state index contributed by atoms with van der Waals surface area (Å²) in [6.07, 6.45) is 1.56. The molecule has 0 saturated heterocycles. The van der Waals surface area contributed by atoms with E-state index in [9.17, 15) is 5.11 Å². The molecule has 0 aliphatic heterocycles. The fraction of sp³-hybridized carbons (Fsp3) is 0.0870. The first kappa shape index (κ1) is 19.8. The summed E-state index contributed by atoms with van der Waals surface area (Å²) in [6, 6.07) is 20.3. The summed E-state index contributed by atoms with van der Waals surface area (Å²) >= 11 is 3.41. The second-order valence-corrected chi connectivity index (χ2v) is 7.40. The van der Waals surface area contributed by atoms with Gasteiger partial charge in [-0.15, -0.1) is 0 Å². The van der Waals surface area contributed by atoms with Gasteiger partial charge in [0, 0.05) is 22.2 Å². The summed E-state index contributed by atoms with van der Waals surface area (Å²) in [5.74, 6) is 2.40. The minimum absolute atomic E-state index is 0.0584. The highest BCUT2D eigenvalue weighted by Crippen LogP contribution is 2.38. The molecule has 1 aromatic heterocycles. The van der Waals surface area contributed by atoms with Crippen LogP contribution in [-0.2, 0) is 6.61 Å². The fourth-order valence-electron chi connectivity index (χ4n) is 2.90. The lowest BCUT2D eigenvalue weighted by molar-refractivity contribution is 0.304. The van der Waals surface area contributed by atoms with Crippen molar-refractivity contribution in [2.45, 2.75) is 6.61 Å². The van der Waals surface area contributed by atoms with Gasteiger partial charge in [0.25, 0.3) is 0 Å². The minimum atomic E-state index is 0.0584. The van der Waals surface area contributed by atoms with E-state index in [2.05, 4.69) is 26.1 Å². The number of benzene rings is 3. The normalized spacial score (nSPS) is 10.6. The van der Waals surface area contributed by atoms with Gasteiger partial charge in [0.15, 0.2) is 5.75 Å². The molecule has 0 aliphatic rings. The highest BCUT2D eigenvalue weighted by molar-refractivity contribution is 9.10. The monoisotopic (exact) mass is 466 g/mol. The van der Waals surface area contributed by atoms with Crippen LogP contribution in [0.3, 0.4) is 0 Å². The average Bonchev–Trinajstić information content (AvgIpc) is 3.21. The quantitative estimate of drug-likeness (QED) is 0.353. The Kier molecular flexibility index (Phi) is 5.90. The number of nitrogens with zero attached hydrogens (tertiary/aromatic N) is 1. The molecule has 2 N–H and O–H groups in total. The molecule has 0 aliphatic carbocycles. The van der Waals surface area contributed by atoms with Crippen LogP contribution in [0.25, 0.3) is 11.3 Å². The van der Waals surface area contributed by atoms with Crippen molar-refractivity contribution in [3.63, 3.8) is 0 Å². The maximum atomic E-state index is 10.6. The molecule has 0 radical (unpaired) electrons. The van der Waals surface area contributed by atoms with Crippen LogP contribution in [0.5, 0.6) is 28.7 Å². The summed E-state index contributed by atoms with van der Waals surface area (Å²) in [4.78, 5) is 0. The molecular formula is C23H19BrN2O4. The molecule has 0 unspecified atom stereocenters. The van der Waals surface area contributed by atoms with E-state index in [-0.39, 0.29) is 5.75 Å². The van der Waals surface area contributed by atoms with E-state index in [0.29, 0.717) is 40.9 Å². The molecule has 6 nitrogen and oxygen atoms in total. The van der Waals surface area contributed by atoms with Gasteiger partial charge in [-0.1, -0.05) is 34.1 Å². The molecule has 3 aromatic carbocycles. The van der Waals surface area contributed by atoms with Crippen LogP contribution >= 0.6 is 15.9 Å². The number of hydrogen-bond acceptors (Lipinski definition) is 5. The number of halogens is 1. The van der Waals surface area contributed by atoms with E-state index in [1.807, 2.05) is 42.5 Å². The summed E-state index contributed by atoms with van der Waals surface area (Å²) in [7, 11) is 1.60. The number of phenols is 1. The van der Waals surface area contributed by atoms with Crippen molar-refractivity contribution in [2.75, 3.05) is 7.11 Å². The first-order valence-corrected chi connectivity index (χ1v) is 9.97. The molecule has 0 atom stereocenters. The highest BCUT2D eigenvalue weighted by Gasteiger charge is 2.15. The molecule has 7 heteroatoms. The number of phenolic OH excluding ortho intramolecular Hbond substituents is 1. The van der Waals surface area contributed by atoms with Crippen LogP contribution in [0.15, 0.2) is 77.4 Å². The van der Waals surface area contributed by atoms with Crippen molar-refractivity contribution in [1.29, 1.82) is 0 Å². The second-order valence-electron chi connectivity index (χ2n) is 6.48.